The maximum absolute atomic E-state index is 13.6. The lowest BCUT2D eigenvalue weighted by molar-refractivity contribution is 0.387. The number of rotatable bonds is 1. The van der Waals surface area contributed by atoms with Crippen LogP contribution in [0.25, 0.3) is 10.9 Å². The maximum atomic E-state index is 13.6. The Balaban J connectivity index is 2.74. The van der Waals surface area contributed by atoms with Gasteiger partial charge in [0.15, 0.2) is 11.6 Å². The molecule has 0 amide bonds. The highest BCUT2D eigenvalue weighted by molar-refractivity contribution is 6.30. The molecule has 1 aromatic heterocycles. The second-order valence-electron chi connectivity index (χ2n) is 5.26. The van der Waals surface area contributed by atoms with Crippen molar-refractivity contribution in [3.05, 3.63) is 34.7 Å². The molecule has 0 N–H and O–H groups in total. The number of benzene rings is 1. The number of aromatic nitrogens is 1. The van der Waals surface area contributed by atoms with Crippen molar-refractivity contribution in [1.82, 2.24) is 4.98 Å². The van der Waals surface area contributed by atoms with Crippen LogP contribution in [0.5, 0.6) is 5.75 Å². The van der Waals surface area contributed by atoms with E-state index in [2.05, 4.69) is 25.8 Å². The summed E-state index contributed by atoms with van der Waals surface area (Å²) in [7, 11) is 1.44. The summed E-state index contributed by atoms with van der Waals surface area (Å²) in [5, 5.41) is 1.24. The minimum absolute atomic E-state index is 0.111. The predicted molar refractivity (Wildman–Crippen MR) is 72.0 cm³/mol. The van der Waals surface area contributed by atoms with E-state index < -0.39 is 5.82 Å². The number of nitrogens with zero attached hydrogens (tertiary/aromatic N) is 1. The van der Waals surface area contributed by atoms with Gasteiger partial charge in [0, 0.05) is 11.5 Å². The van der Waals surface area contributed by atoms with Crippen molar-refractivity contribution < 1.29 is 9.13 Å². The molecule has 0 aliphatic rings. The first-order chi connectivity index (χ1) is 8.32. The van der Waals surface area contributed by atoms with Gasteiger partial charge in [0.25, 0.3) is 0 Å². The molecule has 96 valence electrons. The summed E-state index contributed by atoms with van der Waals surface area (Å²) in [6.07, 6.45) is 0. The summed E-state index contributed by atoms with van der Waals surface area (Å²) in [4.78, 5) is 4.25. The lowest BCUT2D eigenvalue weighted by Crippen LogP contribution is -2.12. The molecule has 0 saturated carbocycles. The third kappa shape index (κ3) is 2.27. The van der Waals surface area contributed by atoms with E-state index in [9.17, 15) is 4.39 Å². The van der Waals surface area contributed by atoms with Crippen LogP contribution in [-0.2, 0) is 5.41 Å². The normalized spacial score (nSPS) is 11.9. The van der Waals surface area contributed by atoms with Crippen molar-refractivity contribution >= 4 is 22.5 Å². The highest BCUT2D eigenvalue weighted by Crippen LogP contribution is 2.32. The molecule has 2 nitrogen and oxygen atoms in total. The van der Waals surface area contributed by atoms with Gasteiger partial charge in [-0.25, -0.2) is 9.37 Å². The first-order valence-electron chi connectivity index (χ1n) is 5.67. The van der Waals surface area contributed by atoms with Crippen LogP contribution >= 0.6 is 11.6 Å². The molecule has 0 bridgehead atoms. The molecular weight excluding hydrogens is 253 g/mol. The van der Waals surface area contributed by atoms with E-state index in [1.165, 1.54) is 13.2 Å². The Kier molecular flexibility index (Phi) is 3.20. The SMILES string of the molecule is COc1cc2cc(C(C)(C)C)c(Cl)nc2cc1F. The second-order valence-corrected chi connectivity index (χ2v) is 5.61. The first kappa shape index (κ1) is 13.1. The number of hydrogen-bond acceptors (Lipinski definition) is 2. The predicted octanol–water partition coefficient (Wildman–Crippen LogP) is 4.33. The van der Waals surface area contributed by atoms with E-state index in [-0.39, 0.29) is 11.2 Å². The molecule has 1 aromatic carbocycles. The third-order valence-corrected chi connectivity index (χ3v) is 3.14. The van der Waals surface area contributed by atoms with Crippen molar-refractivity contribution in [2.45, 2.75) is 26.2 Å². The minimum Gasteiger partial charge on any atom is -0.494 e. The van der Waals surface area contributed by atoms with E-state index in [1.807, 2.05) is 6.07 Å². The minimum atomic E-state index is -0.433. The van der Waals surface area contributed by atoms with E-state index in [1.54, 1.807) is 6.07 Å². The summed E-state index contributed by atoms with van der Waals surface area (Å²) in [6, 6.07) is 4.92. The smallest absolute Gasteiger partial charge is 0.167 e. The standard InChI is InChI=1S/C14H15ClFNO/c1-14(2,3)9-5-8-6-12(18-4)10(16)7-11(8)17-13(9)15/h5-7H,1-4H3. The van der Waals surface area contributed by atoms with E-state index >= 15 is 0 Å². The number of pyridine rings is 1. The number of halogens is 2. The summed E-state index contributed by atoms with van der Waals surface area (Å²) in [5.74, 6) is -0.219. The fourth-order valence-electron chi connectivity index (χ4n) is 1.83. The molecule has 0 atom stereocenters. The molecule has 0 spiro atoms. The topological polar surface area (TPSA) is 22.1 Å². The van der Waals surface area contributed by atoms with Crippen molar-refractivity contribution in [1.29, 1.82) is 0 Å². The molecule has 2 aromatic rings. The van der Waals surface area contributed by atoms with Crippen LogP contribution in [0.15, 0.2) is 18.2 Å². The lowest BCUT2D eigenvalue weighted by Gasteiger charge is -2.20. The highest BCUT2D eigenvalue weighted by atomic mass is 35.5. The van der Waals surface area contributed by atoms with Crippen LogP contribution in [0.1, 0.15) is 26.3 Å². The largest absolute Gasteiger partial charge is 0.494 e. The Morgan fingerprint density at radius 3 is 2.44 bits per heavy atom. The van der Waals surface area contributed by atoms with Crippen molar-refractivity contribution in [3.8, 4) is 5.75 Å². The molecule has 0 radical (unpaired) electrons. The number of methoxy groups -OCH3 is 1. The molecule has 2 rings (SSSR count). The fourth-order valence-corrected chi connectivity index (χ4v) is 2.26. The Hall–Kier alpha value is -1.35. The molecule has 0 fully saturated rings. The summed E-state index contributed by atoms with van der Waals surface area (Å²) in [5.41, 5.74) is 1.36. The van der Waals surface area contributed by atoms with Gasteiger partial charge in [-0.1, -0.05) is 32.4 Å². The van der Waals surface area contributed by atoms with Crippen molar-refractivity contribution in [2.75, 3.05) is 7.11 Å². The van der Waals surface area contributed by atoms with Gasteiger partial charge in [-0.3, -0.25) is 0 Å². The Morgan fingerprint density at radius 2 is 1.89 bits per heavy atom. The molecular formula is C14H15ClFNO. The molecule has 0 aliphatic heterocycles. The van der Waals surface area contributed by atoms with Gasteiger partial charge in [0.1, 0.15) is 5.15 Å². The van der Waals surface area contributed by atoms with E-state index in [0.717, 1.165) is 10.9 Å². The third-order valence-electron chi connectivity index (χ3n) is 2.85. The van der Waals surface area contributed by atoms with Crippen LogP contribution < -0.4 is 4.74 Å². The van der Waals surface area contributed by atoms with Gasteiger partial charge in [0.05, 0.1) is 12.6 Å². The van der Waals surface area contributed by atoms with Gasteiger partial charge in [0.2, 0.25) is 0 Å². The number of ether oxygens (including phenoxy) is 1. The Morgan fingerprint density at radius 1 is 1.22 bits per heavy atom. The van der Waals surface area contributed by atoms with Crippen LogP contribution in [0, 0.1) is 5.82 Å². The van der Waals surface area contributed by atoms with Gasteiger partial charge < -0.3 is 4.74 Å². The fraction of sp³-hybridized carbons (Fsp3) is 0.357. The number of hydrogen-bond donors (Lipinski definition) is 0. The molecule has 4 heteroatoms. The quantitative estimate of drug-likeness (QED) is 0.718. The molecule has 0 saturated heterocycles. The van der Waals surface area contributed by atoms with E-state index in [0.29, 0.717) is 10.7 Å². The zero-order valence-electron chi connectivity index (χ0n) is 10.8. The Bertz CT molecular complexity index is 605. The van der Waals surface area contributed by atoms with Gasteiger partial charge in [-0.15, -0.1) is 0 Å². The van der Waals surface area contributed by atoms with Crippen LogP contribution in [0.2, 0.25) is 5.15 Å². The zero-order valence-corrected chi connectivity index (χ0v) is 11.6. The van der Waals surface area contributed by atoms with Gasteiger partial charge in [-0.05, 0) is 23.1 Å². The lowest BCUT2D eigenvalue weighted by atomic mass is 9.87. The van der Waals surface area contributed by atoms with Crippen LogP contribution in [0.3, 0.4) is 0 Å². The molecule has 18 heavy (non-hydrogen) atoms. The van der Waals surface area contributed by atoms with Crippen LogP contribution in [0.4, 0.5) is 4.39 Å². The summed E-state index contributed by atoms with van der Waals surface area (Å²) in [6.45, 7) is 6.17. The molecule has 1 heterocycles. The second kappa shape index (κ2) is 4.39. The average molecular weight is 268 g/mol. The summed E-state index contributed by atoms with van der Waals surface area (Å²) < 4.78 is 18.6. The average Bonchev–Trinajstić information content (AvgIpc) is 2.26. The molecule has 0 unspecified atom stereocenters. The van der Waals surface area contributed by atoms with Crippen molar-refractivity contribution in [3.63, 3.8) is 0 Å². The monoisotopic (exact) mass is 267 g/mol. The zero-order chi connectivity index (χ0) is 13.5. The number of fused-ring (bicyclic) bond motifs is 1. The molecule has 0 aliphatic carbocycles. The summed E-state index contributed by atoms with van der Waals surface area (Å²) >= 11 is 6.15. The van der Waals surface area contributed by atoms with Crippen LogP contribution in [-0.4, -0.2) is 12.1 Å². The van der Waals surface area contributed by atoms with Gasteiger partial charge in [-0.2, -0.15) is 0 Å². The van der Waals surface area contributed by atoms with Gasteiger partial charge >= 0.3 is 0 Å². The highest BCUT2D eigenvalue weighted by Gasteiger charge is 2.19. The Labute approximate surface area is 111 Å². The maximum Gasteiger partial charge on any atom is 0.167 e. The first-order valence-corrected chi connectivity index (χ1v) is 6.05. The van der Waals surface area contributed by atoms with E-state index in [4.69, 9.17) is 16.3 Å². The van der Waals surface area contributed by atoms with Crippen molar-refractivity contribution in [2.24, 2.45) is 0 Å².